The fourth-order valence-electron chi connectivity index (χ4n) is 1.01. The molecule has 17 heavy (non-hydrogen) atoms. The molecule has 0 heterocycles. The highest BCUT2D eigenvalue weighted by Crippen LogP contribution is 2.16. The van der Waals surface area contributed by atoms with Gasteiger partial charge in [0.2, 0.25) is 6.19 Å². The number of nitriles is 1. The van der Waals surface area contributed by atoms with Crippen LogP contribution in [0.2, 0.25) is 0 Å². The van der Waals surface area contributed by atoms with Gasteiger partial charge in [-0.15, -0.1) is 11.8 Å². The molecule has 0 aromatic heterocycles. The summed E-state index contributed by atoms with van der Waals surface area (Å²) in [6.45, 7) is 0. The van der Waals surface area contributed by atoms with Crippen LogP contribution in [0.3, 0.4) is 0 Å². The Labute approximate surface area is 109 Å². The molecule has 0 atom stereocenters. The Kier molecular flexibility index (Phi) is 6.15. The SMILES string of the molecule is CSC(=NC#N)S/C=C/C(=O)c1ccccc1. The van der Waals surface area contributed by atoms with E-state index in [0.717, 1.165) is 0 Å². The highest BCUT2D eigenvalue weighted by Gasteiger charge is 2.00. The quantitative estimate of drug-likeness (QED) is 0.276. The highest BCUT2D eigenvalue weighted by atomic mass is 32.2. The van der Waals surface area contributed by atoms with Crippen molar-refractivity contribution in [2.24, 2.45) is 4.99 Å². The van der Waals surface area contributed by atoms with E-state index in [2.05, 4.69) is 4.99 Å². The summed E-state index contributed by atoms with van der Waals surface area (Å²) in [6.07, 6.45) is 5.02. The maximum atomic E-state index is 11.7. The molecule has 1 rings (SSSR count). The van der Waals surface area contributed by atoms with Crippen molar-refractivity contribution < 1.29 is 4.79 Å². The van der Waals surface area contributed by atoms with Gasteiger partial charge in [-0.2, -0.15) is 10.3 Å². The van der Waals surface area contributed by atoms with Crippen molar-refractivity contribution in [2.45, 2.75) is 0 Å². The number of nitrogens with zero attached hydrogens (tertiary/aromatic N) is 2. The van der Waals surface area contributed by atoms with Gasteiger partial charge < -0.3 is 0 Å². The molecule has 0 N–H and O–H groups in total. The molecule has 5 heteroatoms. The summed E-state index contributed by atoms with van der Waals surface area (Å²) in [6, 6.07) is 9.02. The molecule has 0 unspecified atom stereocenters. The van der Waals surface area contributed by atoms with E-state index in [1.165, 1.54) is 29.6 Å². The zero-order valence-corrected chi connectivity index (χ0v) is 10.8. The number of benzene rings is 1. The molecular formula is C12H10N2OS2. The second kappa shape index (κ2) is 7.71. The molecule has 0 saturated heterocycles. The van der Waals surface area contributed by atoms with Gasteiger partial charge >= 0.3 is 0 Å². The average molecular weight is 262 g/mol. The van der Waals surface area contributed by atoms with Crippen molar-refractivity contribution in [1.29, 1.82) is 5.26 Å². The van der Waals surface area contributed by atoms with Gasteiger partial charge in [0, 0.05) is 5.56 Å². The van der Waals surface area contributed by atoms with Crippen LogP contribution in [-0.4, -0.2) is 16.4 Å². The molecule has 86 valence electrons. The number of aliphatic imine (C=N–C) groups is 1. The van der Waals surface area contributed by atoms with Crippen LogP contribution in [0.1, 0.15) is 10.4 Å². The van der Waals surface area contributed by atoms with Crippen LogP contribution < -0.4 is 0 Å². The normalized spacial score (nSPS) is 11.4. The van der Waals surface area contributed by atoms with Gasteiger partial charge in [-0.05, 0) is 17.7 Å². The van der Waals surface area contributed by atoms with Crippen LogP contribution >= 0.6 is 23.5 Å². The predicted octanol–water partition coefficient (Wildman–Crippen LogP) is 3.32. The Bertz CT molecular complexity index is 475. The van der Waals surface area contributed by atoms with Gasteiger partial charge in [0.05, 0.1) is 0 Å². The lowest BCUT2D eigenvalue weighted by molar-refractivity contribution is 0.104. The first-order valence-electron chi connectivity index (χ1n) is 4.71. The maximum absolute atomic E-state index is 11.7. The lowest BCUT2D eigenvalue weighted by Gasteiger charge is -1.95. The minimum absolute atomic E-state index is 0.0597. The van der Waals surface area contributed by atoms with E-state index in [0.29, 0.717) is 9.94 Å². The van der Waals surface area contributed by atoms with Crippen molar-refractivity contribution in [2.75, 3.05) is 6.26 Å². The second-order valence-electron chi connectivity index (χ2n) is 2.83. The van der Waals surface area contributed by atoms with Crippen molar-refractivity contribution >= 4 is 33.7 Å². The summed E-state index contributed by atoms with van der Waals surface area (Å²) in [5.74, 6) is -0.0597. The molecule has 0 amide bonds. The molecular weight excluding hydrogens is 252 g/mol. The lowest BCUT2D eigenvalue weighted by Crippen LogP contribution is -1.92. The van der Waals surface area contributed by atoms with Gasteiger partial charge in [-0.3, -0.25) is 4.79 Å². The minimum Gasteiger partial charge on any atom is -0.289 e. The summed E-state index contributed by atoms with van der Waals surface area (Å²) < 4.78 is 0.615. The lowest BCUT2D eigenvalue weighted by atomic mass is 10.1. The summed E-state index contributed by atoms with van der Waals surface area (Å²) in [5.41, 5.74) is 0.646. The summed E-state index contributed by atoms with van der Waals surface area (Å²) in [5, 5.41) is 10.0. The number of thioether (sulfide) groups is 2. The second-order valence-corrected chi connectivity index (χ2v) is 4.78. The first-order valence-corrected chi connectivity index (χ1v) is 6.81. The van der Waals surface area contributed by atoms with Crippen molar-refractivity contribution in [3.8, 4) is 6.19 Å². The van der Waals surface area contributed by atoms with Crippen LogP contribution in [-0.2, 0) is 0 Å². The Morgan fingerprint density at radius 1 is 1.41 bits per heavy atom. The molecule has 0 saturated carbocycles. The molecule has 0 spiro atoms. The summed E-state index contributed by atoms with van der Waals surface area (Å²) in [4.78, 5) is 15.3. The minimum atomic E-state index is -0.0597. The molecule has 0 radical (unpaired) electrons. The third-order valence-corrected chi connectivity index (χ3v) is 3.56. The predicted molar refractivity (Wildman–Crippen MR) is 74.1 cm³/mol. The molecule has 0 aliphatic rings. The molecule has 3 nitrogen and oxygen atoms in total. The number of carbonyl (C=O) groups excluding carboxylic acids is 1. The average Bonchev–Trinajstić information content (AvgIpc) is 2.38. The van der Waals surface area contributed by atoms with Gasteiger partial charge in [-0.25, -0.2) is 0 Å². The zero-order chi connectivity index (χ0) is 12.5. The molecule has 1 aromatic rings. The van der Waals surface area contributed by atoms with Crippen LogP contribution in [0, 0.1) is 11.5 Å². The van der Waals surface area contributed by atoms with Gasteiger partial charge in [0.1, 0.15) is 4.38 Å². The molecule has 0 aliphatic carbocycles. The van der Waals surface area contributed by atoms with E-state index in [9.17, 15) is 4.79 Å². The third-order valence-electron chi connectivity index (χ3n) is 1.76. The van der Waals surface area contributed by atoms with Gasteiger partial charge in [-0.1, -0.05) is 42.1 Å². The summed E-state index contributed by atoms with van der Waals surface area (Å²) >= 11 is 2.63. The van der Waals surface area contributed by atoms with Crippen LogP contribution in [0.25, 0.3) is 0 Å². The van der Waals surface area contributed by atoms with Gasteiger partial charge in [0.15, 0.2) is 5.78 Å². The molecule has 0 bridgehead atoms. The van der Waals surface area contributed by atoms with Gasteiger partial charge in [0.25, 0.3) is 0 Å². The van der Waals surface area contributed by atoms with E-state index in [1.54, 1.807) is 23.7 Å². The monoisotopic (exact) mass is 262 g/mol. The topological polar surface area (TPSA) is 53.2 Å². The van der Waals surface area contributed by atoms with E-state index in [4.69, 9.17) is 5.26 Å². The number of rotatable bonds is 3. The number of hydrogen-bond donors (Lipinski definition) is 0. The van der Waals surface area contributed by atoms with Crippen LogP contribution in [0.15, 0.2) is 46.8 Å². The molecule has 0 aliphatic heterocycles. The van der Waals surface area contributed by atoms with Crippen LogP contribution in [0.4, 0.5) is 0 Å². The van der Waals surface area contributed by atoms with E-state index in [1.807, 2.05) is 24.5 Å². The van der Waals surface area contributed by atoms with E-state index < -0.39 is 0 Å². The fraction of sp³-hybridized carbons (Fsp3) is 0.0833. The Morgan fingerprint density at radius 2 is 2.12 bits per heavy atom. The standard InChI is InChI=1S/C12H10N2OS2/c1-16-12(14-9-13)17-8-7-11(15)10-5-3-2-4-6-10/h2-8H,1H3/b8-7+,14-12?. The number of ketones is 1. The van der Waals surface area contributed by atoms with Crippen molar-refractivity contribution in [3.63, 3.8) is 0 Å². The number of carbonyl (C=O) groups is 1. The number of hydrogen-bond acceptors (Lipinski definition) is 5. The maximum Gasteiger partial charge on any atom is 0.207 e. The smallest absolute Gasteiger partial charge is 0.207 e. The highest BCUT2D eigenvalue weighted by molar-refractivity contribution is 8.39. The molecule has 1 aromatic carbocycles. The number of allylic oxidation sites excluding steroid dienone is 1. The zero-order valence-electron chi connectivity index (χ0n) is 9.16. The van der Waals surface area contributed by atoms with E-state index in [-0.39, 0.29) is 5.78 Å². The largest absolute Gasteiger partial charge is 0.289 e. The first kappa shape index (κ1) is 13.6. The Hall–Kier alpha value is -1.51. The summed E-state index contributed by atoms with van der Waals surface area (Å²) in [7, 11) is 0. The Balaban J connectivity index is 2.59. The van der Waals surface area contributed by atoms with Crippen molar-refractivity contribution in [3.05, 3.63) is 47.4 Å². The first-order chi connectivity index (χ1) is 8.27. The third kappa shape index (κ3) is 4.89. The molecule has 0 fully saturated rings. The van der Waals surface area contributed by atoms with Crippen molar-refractivity contribution in [1.82, 2.24) is 0 Å². The fourth-order valence-corrected chi connectivity index (χ4v) is 2.10. The Morgan fingerprint density at radius 3 is 2.71 bits per heavy atom. The van der Waals surface area contributed by atoms with Crippen LogP contribution in [0.5, 0.6) is 0 Å². The van der Waals surface area contributed by atoms with E-state index >= 15 is 0 Å².